The third-order valence-electron chi connectivity index (χ3n) is 6.79. The van der Waals surface area contributed by atoms with Gasteiger partial charge in [0.05, 0.1) is 23.5 Å². The summed E-state index contributed by atoms with van der Waals surface area (Å²) in [7, 11) is 0. The van der Waals surface area contributed by atoms with Crippen molar-refractivity contribution in [2.24, 2.45) is 23.1 Å². The molecule has 3 unspecified atom stereocenters. The molecule has 4 rings (SSSR count). The molecule has 1 aliphatic heterocycles. The van der Waals surface area contributed by atoms with E-state index < -0.39 is 6.04 Å². The molecule has 3 aromatic rings. The third-order valence-corrected chi connectivity index (χ3v) is 7.03. The Kier molecular flexibility index (Phi) is 8.18. The number of hydrogen-bond acceptors (Lipinski definition) is 6. The second-order valence-corrected chi connectivity index (χ2v) is 9.61. The number of carbonyl (C=O) groups excluding carboxylic acids is 1. The zero-order valence-electron chi connectivity index (χ0n) is 19.8. The van der Waals surface area contributed by atoms with Gasteiger partial charge < -0.3 is 22.1 Å². The van der Waals surface area contributed by atoms with Crippen molar-refractivity contribution in [2.45, 2.75) is 44.3 Å². The smallest absolute Gasteiger partial charge is 0.261 e. The number of hydrogen-bond donors (Lipinski definition) is 3. The molecule has 3 atom stereocenters. The molecule has 2 heterocycles. The molecule has 1 fully saturated rings. The number of rotatable bonds is 9. The summed E-state index contributed by atoms with van der Waals surface area (Å²) in [5, 5.41) is 0.992. The lowest BCUT2D eigenvalue weighted by molar-refractivity contribution is -0.142. The number of aromatic nitrogens is 2. The molecule has 0 aliphatic carbocycles. The number of amides is 1. The average molecular weight is 497 g/mol. The van der Waals surface area contributed by atoms with E-state index in [-0.39, 0.29) is 23.4 Å². The van der Waals surface area contributed by atoms with Crippen LogP contribution in [0.15, 0.2) is 53.3 Å². The van der Waals surface area contributed by atoms with E-state index in [0.717, 1.165) is 18.4 Å². The van der Waals surface area contributed by atoms with E-state index in [1.807, 2.05) is 35.2 Å². The van der Waals surface area contributed by atoms with Gasteiger partial charge in [0.25, 0.3) is 5.56 Å². The molecule has 0 saturated carbocycles. The highest BCUT2D eigenvalue weighted by molar-refractivity contribution is 6.31. The van der Waals surface area contributed by atoms with Crippen LogP contribution in [0.3, 0.4) is 0 Å². The average Bonchev–Trinajstić information content (AvgIpc) is 2.85. The SMILES string of the molecule is NCCC1CCC(CC(N)c2nc3cc(Cl)ccc3c(=O)n2Cc2ccccc2)N(CCN)C1=O. The van der Waals surface area contributed by atoms with Crippen LogP contribution < -0.4 is 22.8 Å². The summed E-state index contributed by atoms with van der Waals surface area (Å²) in [6.07, 6.45) is 2.73. The molecule has 1 aromatic heterocycles. The number of likely N-dealkylation sites (tertiary alicyclic amines) is 1. The molecule has 1 amide bonds. The van der Waals surface area contributed by atoms with E-state index in [1.54, 1.807) is 22.8 Å². The first-order valence-corrected chi connectivity index (χ1v) is 12.5. The van der Waals surface area contributed by atoms with Gasteiger partial charge in [-0.3, -0.25) is 14.2 Å². The lowest BCUT2D eigenvalue weighted by atomic mass is 9.86. The van der Waals surface area contributed by atoms with Gasteiger partial charge in [-0.25, -0.2) is 4.98 Å². The van der Waals surface area contributed by atoms with Gasteiger partial charge in [0, 0.05) is 30.1 Å². The zero-order chi connectivity index (χ0) is 24.9. The van der Waals surface area contributed by atoms with E-state index in [9.17, 15) is 9.59 Å². The summed E-state index contributed by atoms with van der Waals surface area (Å²) in [5.74, 6) is 0.498. The first-order chi connectivity index (χ1) is 16.9. The van der Waals surface area contributed by atoms with Crippen molar-refractivity contribution in [3.8, 4) is 0 Å². The molecule has 1 saturated heterocycles. The highest BCUT2D eigenvalue weighted by atomic mass is 35.5. The van der Waals surface area contributed by atoms with Crippen LogP contribution in [0.25, 0.3) is 10.9 Å². The van der Waals surface area contributed by atoms with E-state index >= 15 is 0 Å². The number of benzene rings is 2. The van der Waals surface area contributed by atoms with Gasteiger partial charge in [0.15, 0.2) is 0 Å². The van der Waals surface area contributed by atoms with Crippen LogP contribution in [0.1, 0.15) is 43.1 Å². The maximum atomic E-state index is 13.5. The molecule has 0 spiro atoms. The van der Waals surface area contributed by atoms with Crippen LogP contribution in [0.5, 0.6) is 0 Å². The Morgan fingerprint density at radius 1 is 1.06 bits per heavy atom. The first-order valence-electron chi connectivity index (χ1n) is 12.1. The second kappa shape index (κ2) is 11.3. The fraction of sp³-hybridized carbons (Fsp3) is 0.423. The number of nitrogens with two attached hydrogens (primary N) is 3. The van der Waals surface area contributed by atoms with E-state index in [4.69, 9.17) is 33.8 Å². The van der Waals surface area contributed by atoms with Gasteiger partial charge in [0.2, 0.25) is 5.91 Å². The van der Waals surface area contributed by atoms with Crippen molar-refractivity contribution >= 4 is 28.4 Å². The van der Waals surface area contributed by atoms with Gasteiger partial charge in [-0.15, -0.1) is 0 Å². The predicted octanol–water partition coefficient (Wildman–Crippen LogP) is 2.40. The zero-order valence-corrected chi connectivity index (χ0v) is 20.5. The molecular weight excluding hydrogens is 464 g/mol. The summed E-state index contributed by atoms with van der Waals surface area (Å²) >= 11 is 6.19. The standard InChI is InChI=1S/C26H33ClN6O2/c27-19-7-9-21-23(14-19)31-24(33(26(21)35)16-17-4-2-1-3-5-17)22(30)15-20-8-6-18(10-11-28)25(34)32(20)13-12-29/h1-5,7,9,14,18,20,22H,6,8,10-13,15-16,28-30H2. The Balaban J connectivity index is 1.70. The molecule has 9 heteroatoms. The summed E-state index contributed by atoms with van der Waals surface area (Å²) in [6, 6.07) is 14.2. The van der Waals surface area contributed by atoms with Crippen molar-refractivity contribution < 1.29 is 4.79 Å². The van der Waals surface area contributed by atoms with Crippen LogP contribution in [0, 0.1) is 5.92 Å². The van der Waals surface area contributed by atoms with Gasteiger partial charge in [0.1, 0.15) is 5.82 Å². The van der Waals surface area contributed by atoms with Crippen molar-refractivity contribution in [3.05, 3.63) is 75.3 Å². The van der Waals surface area contributed by atoms with Gasteiger partial charge in [-0.05, 0) is 56.0 Å². The van der Waals surface area contributed by atoms with E-state index in [2.05, 4.69) is 0 Å². The predicted molar refractivity (Wildman–Crippen MR) is 139 cm³/mol. The molecule has 1 aliphatic rings. The minimum atomic E-state index is -0.557. The molecule has 186 valence electrons. The van der Waals surface area contributed by atoms with Gasteiger partial charge in [-0.1, -0.05) is 41.9 Å². The van der Waals surface area contributed by atoms with Crippen LogP contribution in [-0.4, -0.2) is 46.0 Å². The molecule has 0 bridgehead atoms. The minimum absolute atomic E-state index is 0.0729. The first kappa shape index (κ1) is 25.3. The number of nitrogens with zero attached hydrogens (tertiary/aromatic N) is 3. The van der Waals surface area contributed by atoms with Crippen LogP contribution >= 0.6 is 11.6 Å². The van der Waals surface area contributed by atoms with Crippen molar-refractivity contribution in [2.75, 3.05) is 19.6 Å². The Bertz CT molecular complexity index is 1230. The minimum Gasteiger partial charge on any atom is -0.338 e. The van der Waals surface area contributed by atoms with Crippen molar-refractivity contribution in [1.82, 2.24) is 14.5 Å². The summed E-state index contributed by atoms with van der Waals surface area (Å²) in [5.41, 5.74) is 19.6. The van der Waals surface area contributed by atoms with Crippen LogP contribution in [0.2, 0.25) is 5.02 Å². The number of carbonyl (C=O) groups is 1. The summed E-state index contributed by atoms with van der Waals surface area (Å²) in [6.45, 7) is 1.67. The summed E-state index contributed by atoms with van der Waals surface area (Å²) in [4.78, 5) is 33.3. The molecule has 35 heavy (non-hydrogen) atoms. The van der Waals surface area contributed by atoms with E-state index in [0.29, 0.717) is 60.8 Å². The quantitative estimate of drug-likeness (QED) is 0.416. The summed E-state index contributed by atoms with van der Waals surface area (Å²) < 4.78 is 1.64. The Labute approximate surface area is 210 Å². The molecule has 6 N–H and O–H groups in total. The Morgan fingerprint density at radius 3 is 2.54 bits per heavy atom. The number of halogens is 1. The van der Waals surface area contributed by atoms with Crippen molar-refractivity contribution in [1.29, 1.82) is 0 Å². The lowest BCUT2D eigenvalue weighted by Crippen LogP contribution is -2.51. The molecular formula is C26H33ClN6O2. The fourth-order valence-corrected chi connectivity index (χ4v) is 5.21. The lowest BCUT2D eigenvalue weighted by Gasteiger charge is -2.40. The number of piperidine rings is 1. The third kappa shape index (κ3) is 5.56. The Morgan fingerprint density at radius 2 is 1.83 bits per heavy atom. The topological polar surface area (TPSA) is 133 Å². The fourth-order valence-electron chi connectivity index (χ4n) is 5.05. The molecule has 0 radical (unpaired) electrons. The maximum absolute atomic E-state index is 13.5. The normalized spacial score (nSPS) is 19.3. The largest absolute Gasteiger partial charge is 0.338 e. The van der Waals surface area contributed by atoms with E-state index in [1.165, 1.54) is 0 Å². The van der Waals surface area contributed by atoms with Crippen LogP contribution in [0.4, 0.5) is 0 Å². The maximum Gasteiger partial charge on any atom is 0.261 e. The van der Waals surface area contributed by atoms with Gasteiger partial charge in [-0.2, -0.15) is 0 Å². The monoisotopic (exact) mass is 496 g/mol. The van der Waals surface area contributed by atoms with Crippen molar-refractivity contribution in [3.63, 3.8) is 0 Å². The number of fused-ring (bicyclic) bond motifs is 1. The van der Waals surface area contributed by atoms with Crippen LogP contribution in [-0.2, 0) is 11.3 Å². The molecule has 8 nitrogen and oxygen atoms in total. The molecule has 2 aromatic carbocycles. The highest BCUT2D eigenvalue weighted by Crippen LogP contribution is 2.30. The Hall–Kier alpha value is -2.78. The highest BCUT2D eigenvalue weighted by Gasteiger charge is 2.35. The second-order valence-electron chi connectivity index (χ2n) is 9.18. The van der Waals surface area contributed by atoms with Gasteiger partial charge >= 0.3 is 0 Å².